The zero-order valence-corrected chi connectivity index (χ0v) is 17.2. The van der Waals surface area contributed by atoms with Crippen LogP contribution < -0.4 is 11.1 Å². The zero-order chi connectivity index (χ0) is 18.4. The zero-order valence-electron chi connectivity index (χ0n) is 16.4. The molecule has 2 rings (SSSR count). The molecule has 0 saturated carbocycles. The topological polar surface area (TPSA) is 64.3 Å². The molecule has 0 saturated heterocycles. The standard InChI is InChI=1S/C21H32N2O2.ClH/c1-15(23-11-12-25-4)13-16-5-6-18(20(22)24)19(14-16)17-7-9-21(2,3)10-8-17;/h5-7,14-15,23H,8-13H2,1-4H3,(H2,22,24);1H. The van der Waals surface area contributed by atoms with Crippen molar-refractivity contribution in [3.63, 3.8) is 0 Å². The first-order chi connectivity index (χ1) is 11.8. The van der Waals surface area contributed by atoms with Crippen LogP contribution in [0.3, 0.4) is 0 Å². The maximum Gasteiger partial charge on any atom is 0.249 e. The number of amides is 1. The Morgan fingerprint density at radius 1 is 1.38 bits per heavy atom. The summed E-state index contributed by atoms with van der Waals surface area (Å²) >= 11 is 0. The van der Waals surface area contributed by atoms with Gasteiger partial charge in [0.1, 0.15) is 0 Å². The molecule has 0 heterocycles. The summed E-state index contributed by atoms with van der Waals surface area (Å²) in [5.74, 6) is -0.349. The van der Waals surface area contributed by atoms with Crippen LogP contribution in [0.15, 0.2) is 24.3 Å². The number of hydrogen-bond acceptors (Lipinski definition) is 3. The molecule has 26 heavy (non-hydrogen) atoms. The first-order valence-corrected chi connectivity index (χ1v) is 9.17. The number of benzene rings is 1. The number of ether oxygens (including phenoxy) is 1. The van der Waals surface area contributed by atoms with E-state index in [9.17, 15) is 4.79 Å². The number of allylic oxidation sites excluding steroid dienone is 2. The Balaban J connectivity index is 0.00000338. The summed E-state index contributed by atoms with van der Waals surface area (Å²) in [6.07, 6.45) is 6.37. The van der Waals surface area contributed by atoms with E-state index in [-0.39, 0.29) is 18.3 Å². The van der Waals surface area contributed by atoms with Crippen LogP contribution >= 0.6 is 12.4 Å². The Bertz CT molecular complexity index is 641. The summed E-state index contributed by atoms with van der Waals surface area (Å²) in [6.45, 7) is 8.29. The Labute approximate surface area is 164 Å². The van der Waals surface area contributed by atoms with E-state index in [1.807, 2.05) is 12.1 Å². The average Bonchev–Trinajstić information content (AvgIpc) is 2.55. The van der Waals surface area contributed by atoms with E-state index in [2.05, 4.69) is 38.2 Å². The molecule has 1 amide bonds. The van der Waals surface area contributed by atoms with Crippen molar-refractivity contribution in [2.45, 2.75) is 52.5 Å². The van der Waals surface area contributed by atoms with Gasteiger partial charge in [-0.05, 0) is 60.8 Å². The molecule has 0 aromatic heterocycles. The van der Waals surface area contributed by atoms with Crippen molar-refractivity contribution in [3.05, 3.63) is 41.0 Å². The van der Waals surface area contributed by atoms with Gasteiger partial charge in [-0.2, -0.15) is 0 Å². The minimum atomic E-state index is -0.349. The molecule has 0 spiro atoms. The van der Waals surface area contributed by atoms with Crippen molar-refractivity contribution in [1.29, 1.82) is 0 Å². The predicted molar refractivity (Wildman–Crippen MR) is 111 cm³/mol. The monoisotopic (exact) mass is 380 g/mol. The van der Waals surface area contributed by atoms with E-state index in [0.717, 1.165) is 37.8 Å². The van der Waals surface area contributed by atoms with Crippen LogP contribution in [0.25, 0.3) is 5.57 Å². The van der Waals surface area contributed by atoms with Gasteiger partial charge >= 0.3 is 0 Å². The molecule has 1 atom stereocenters. The molecular formula is C21H33ClN2O2. The van der Waals surface area contributed by atoms with Crippen LogP contribution in [0.5, 0.6) is 0 Å². The van der Waals surface area contributed by atoms with Crippen molar-refractivity contribution in [2.75, 3.05) is 20.3 Å². The molecule has 1 aromatic rings. The fourth-order valence-corrected chi connectivity index (χ4v) is 3.35. The highest BCUT2D eigenvalue weighted by Gasteiger charge is 2.24. The van der Waals surface area contributed by atoms with Gasteiger partial charge < -0.3 is 15.8 Å². The number of nitrogens with two attached hydrogens (primary N) is 1. The summed E-state index contributed by atoms with van der Waals surface area (Å²) in [6, 6.07) is 6.40. The molecule has 1 aliphatic carbocycles. The van der Waals surface area contributed by atoms with Crippen molar-refractivity contribution in [3.8, 4) is 0 Å². The van der Waals surface area contributed by atoms with Crippen LogP contribution in [0.4, 0.5) is 0 Å². The summed E-state index contributed by atoms with van der Waals surface area (Å²) in [7, 11) is 1.71. The lowest BCUT2D eigenvalue weighted by molar-refractivity contribution is 0.1000. The molecule has 0 aliphatic heterocycles. The lowest BCUT2D eigenvalue weighted by Crippen LogP contribution is -2.31. The second-order valence-corrected chi connectivity index (χ2v) is 7.89. The van der Waals surface area contributed by atoms with Gasteiger partial charge in [0.25, 0.3) is 0 Å². The Morgan fingerprint density at radius 3 is 2.69 bits per heavy atom. The molecule has 0 radical (unpaired) electrons. The van der Waals surface area contributed by atoms with Gasteiger partial charge in [-0.3, -0.25) is 4.79 Å². The molecule has 1 aliphatic rings. The van der Waals surface area contributed by atoms with Crippen LogP contribution in [0.1, 0.15) is 61.5 Å². The Morgan fingerprint density at radius 2 is 2.12 bits per heavy atom. The number of rotatable bonds is 8. The lowest BCUT2D eigenvalue weighted by atomic mass is 9.76. The third-order valence-electron chi connectivity index (χ3n) is 5.01. The quantitative estimate of drug-likeness (QED) is 0.670. The van der Waals surface area contributed by atoms with Crippen molar-refractivity contribution >= 4 is 23.9 Å². The van der Waals surface area contributed by atoms with Crippen molar-refractivity contribution in [2.24, 2.45) is 11.1 Å². The van der Waals surface area contributed by atoms with Gasteiger partial charge in [0.15, 0.2) is 0 Å². The first-order valence-electron chi connectivity index (χ1n) is 9.17. The fourth-order valence-electron chi connectivity index (χ4n) is 3.35. The molecular weight excluding hydrogens is 348 g/mol. The highest BCUT2D eigenvalue weighted by Crippen LogP contribution is 2.39. The molecule has 4 nitrogen and oxygen atoms in total. The minimum Gasteiger partial charge on any atom is -0.383 e. The molecule has 1 unspecified atom stereocenters. The van der Waals surface area contributed by atoms with E-state index in [1.165, 1.54) is 11.1 Å². The van der Waals surface area contributed by atoms with E-state index in [4.69, 9.17) is 10.5 Å². The number of carbonyl (C=O) groups is 1. The van der Waals surface area contributed by atoms with Crippen LogP contribution in [-0.4, -0.2) is 32.2 Å². The minimum absolute atomic E-state index is 0. The first kappa shape index (κ1) is 22.7. The number of methoxy groups -OCH3 is 1. The summed E-state index contributed by atoms with van der Waals surface area (Å²) in [4.78, 5) is 11.9. The predicted octanol–water partition coefficient (Wildman–Crippen LogP) is 3.97. The Kier molecular flexibility index (Phi) is 8.81. The SMILES string of the molecule is COCCNC(C)Cc1ccc(C(N)=O)c(C2=CCC(C)(C)CC2)c1.Cl. The average molecular weight is 381 g/mol. The number of nitrogens with one attached hydrogen (secondary N) is 1. The van der Waals surface area contributed by atoms with E-state index in [0.29, 0.717) is 23.6 Å². The van der Waals surface area contributed by atoms with Gasteiger partial charge in [-0.25, -0.2) is 0 Å². The maximum atomic E-state index is 11.9. The van der Waals surface area contributed by atoms with Gasteiger partial charge in [-0.15, -0.1) is 12.4 Å². The molecule has 0 bridgehead atoms. The number of halogens is 1. The molecule has 0 fully saturated rings. The second-order valence-electron chi connectivity index (χ2n) is 7.89. The van der Waals surface area contributed by atoms with Gasteiger partial charge in [0.2, 0.25) is 5.91 Å². The van der Waals surface area contributed by atoms with E-state index < -0.39 is 0 Å². The smallest absolute Gasteiger partial charge is 0.249 e. The van der Waals surface area contributed by atoms with Gasteiger partial charge in [-0.1, -0.05) is 32.1 Å². The highest BCUT2D eigenvalue weighted by atomic mass is 35.5. The normalized spacial score (nSPS) is 17.2. The third kappa shape index (κ3) is 6.42. The highest BCUT2D eigenvalue weighted by molar-refractivity contribution is 5.98. The summed E-state index contributed by atoms with van der Waals surface area (Å²) < 4.78 is 5.08. The maximum absolute atomic E-state index is 11.9. The summed E-state index contributed by atoms with van der Waals surface area (Å²) in [5, 5.41) is 3.45. The molecule has 3 N–H and O–H groups in total. The van der Waals surface area contributed by atoms with Crippen LogP contribution in [0, 0.1) is 5.41 Å². The number of carbonyl (C=O) groups excluding carboxylic acids is 1. The molecule has 146 valence electrons. The number of hydrogen-bond donors (Lipinski definition) is 2. The Hall–Kier alpha value is -1.36. The largest absolute Gasteiger partial charge is 0.383 e. The van der Waals surface area contributed by atoms with Crippen LogP contribution in [0.2, 0.25) is 0 Å². The number of primary amides is 1. The van der Waals surface area contributed by atoms with E-state index >= 15 is 0 Å². The van der Waals surface area contributed by atoms with Gasteiger partial charge in [0, 0.05) is 25.3 Å². The molecule has 5 heteroatoms. The van der Waals surface area contributed by atoms with Crippen molar-refractivity contribution < 1.29 is 9.53 Å². The summed E-state index contributed by atoms with van der Waals surface area (Å²) in [5.41, 5.74) is 10.1. The molecule has 1 aromatic carbocycles. The third-order valence-corrected chi connectivity index (χ3v) is 5.01. The lowest BCUT2D eigenvalue weighted by Gasteiger charge is -2.29. The van der Waals surface area contributed by atoms with Crippen LogP contribution in [-0.2, 0) is 11.2 Å². The fraction of sp³-hybridized carbons (Fsp3) is 0.571. The second kappa shape index (κ2) is 10.1. The van der Waals surface area contributed by atoms with E-state index in [1.54, 1.807) is 7.11 Å². The van der Waals surface area contributed by atoms with Crippen molar-refractivity contribution in [1.82, 2.24) is 5.32 Å². The van der Waals surface area contributed by atoms with Gasteiger partial charge in [0.05, 0.1) is 6.61 Å².